The fourth-order valence-electron chi connectivity index (χ4n) is 10.3. The van der Waals surface area contributed by atoms with Crippen LogP contribution in [0.4, 0.5) is 0 Å². The van der Waals surface area contributed by atoms with E-state index in [4.69, 9.17) is 33.2 Å². The van der Waals surface area contributed by atoms with E-state index in [9.17, 15) is 50.1 Å². The number of phenols is 1. The molecule has 8 rings (SSSR count). The molecule has 5 fully saturated rings. The smallest absolute Gasteiger partial charge is 0.197 e. The number of ether oxygens (including phenoxy) is 7. The molecular weight excluding hydrogens is 788 g/mol. The first-order valence-electron chi connectivity index (χ1n) is 21.0. The highest BCUT2D eigenvalue weighted by molar-refractivity contribution is 6.30. The Morgan fingerprint density at radius 3 is 1.78 bits per heavy atom. The van der Waals surface area contributed by atoms with Gasteiger partial charge < -0.3 is 68.9 Å². The highest BCUT2D eigenvalue weighted by atomic mass is 16.7. The number of aliphatic hydroxyl groups is 6. The Hall–Kier alpha value is -3.01. The predicted octanol–water partition coefficient (Wildman–Crippen LogP) is 1.20. The van der Waals surface area contributed by atoms with E-state index < -0.39 is 127 Å². The number of fused-ring (bicyclic) bond motifs is 3. The van der Waals surface area contributed by atoms with Crippen molar-refractivity contribution in [3.05, 3.63) is 52.1 Å². The Morgan fingerprint density at radius 2 is 1.22 bits per heavy atom. The van der Waals surface area contributed by atoms with Crippen LogP contribution in [0.2, 0.25) is 0 Å². The van der Waals surface area contributed by atoms with Crippen molar-refractivity contribution in [2.75, 3.05) is 0 Å². The molecule has 1 aromatic carbocycles. The molecule has 1 aromatic rings. The average molecular weight is 845 g/mol. The van der Waals surface area contributed by atoms with E-state index >= 15 is 0 Å². The molecule has 17 heteroatoms. The zero-order valence-electron chi connectivity index (χ0n) is 34.2. The minimum Gasteiger partial charge on any atom is -0.507 e. The SMILES string of the molecule is C[C@@H]1CC(=O)C2C3=C(C=C[C@]2(O[C@H]2C[C@H](O)[C@H](O[C@H]4C[C@H](O)[C@H](O)[C@H](C)O4)[C@H](C)O2)C1)C(=O)c1c(ccc([C@H]2C[C@@H](O)[C@@H](O[C@@H]4C[C@@H](O)[C@@H](O)[C@@H](C)O4)[C@@H](C)O2)c1O)C3=O. The van der Waals surface area contributed by atoms with E-state index in [0.717, 1.165) is 0 Å². The molecule has 3 aliphatic carbocycles. The van der Waals surface area contributed by atoms with E-state index in [2.05, 4.69) is 0 Å². The third-order valence-corrected chi connectivity index (χ3v) is 13.3. The number of phenolic OH excluding ortho intramolecular Hbond substituents is 1. The van der Waals surface area contributed by atoms with Crippen LogP contribution in [0.5, 0.6) is 5.75 Å². The second-order valence-corrected chi connectivity index (χ2v) is 17.8. The van der Waals surface area contributed by atoms with Crippen LogP contribution in [0.25, 0.3) is 0 Å². The highest BCUT2D eigenvalue weighted by Gasteiger charge is 2.57. The summed E-state index contributed by atoms with van der Waals surface area (Å²) < 4.78 is 42.4. The molecule has 0 amide bonds. The quantitative estimate of drug-likeness (QED) is 0.204. The molecule has 4 aliphatic heterocycles. The number of carbonyl (C=O) groups is 3. The van der Waals surface area contributed by atoms with Gasteiger partial charge in [-0.15, -0.1) is 0 Å². The van der Waals surface area contributed by atoms with Crippen molar-refractivity contribution in [1.29, 1.82) is 0 Å². The normalized spacial score (nSPS) is 45.9. The van der Waals surface area contributed by atoms with Gasteiger partial charge in [0, 0.05) is 54.4 Å². The number of allylic oxidation sites excluding steroid dienone is 2. The number of aromatic hydroxyl groups is 1. The molecule has 4 heterocycles. The maximum absolute atomic E-state index is 14.5. The summed E-state index contributed by atoms with van der Waals surface area (Å²) in [5.74, 6) is -3.43. The van der Waals surface area contributed by atoms with Crippen LogP contribution in [-0.4, -0.2) is 151 Å². The van der Waals surface area contributed by atoms with Crippen LogP contribution in [0, 0.1) is 11.8 Å². The van der Waals surface area contributed by atoms with Gasteiger partial charge in [-0.3, -0.25) is 14.4 Å². The average Bonchev–Trinajstić information content (AvgIpc) is 3.17. The molecule has 1 saturated carbocycles. The number of ketones is 3. The molecule has 330 valence electrons. The molecular formula is C43H56O17. The number of aliphatic hydroxyl groups excluding tert-OH is 6. The van der Waals surface area contributed by atoms with Gasteiger partial charge in [0.25, 0.3) is 0 Å². The lowest BCUT2D eigenvalue weighted by Gasteiger charge is -2.50. The number of hydrogen-bond donors (Lipinski definition) is 7. The van der Waals surface area contributed by atoms with Gasteiger partial charge in [-0.1, -0.05) is 25.1 Å². The zero-order valence-corrected chi connectivity index (χ0v) is 34.2. The fraction of sp³-hybridized carbons (Fsp3) is 0.698. The Kier molecular flexibility index (Phi) is 12.1. The maximum atomic E-state index is 14.5. The Bertz CT molecular complexity index is 1870. The first-order chi connectivity index (χ1) is 28.4. The van der Waals surface area contributed by atoms with E-state index in [1.165, 1.54) is 18.2 Å². The largest absolute Gasteiger partial charge is 0.507 e. The molecule has 1 unspecified atom stereocenters. The van der Waals surface area contributed by atoms with Crippen molar-refractivity contribution in [2.24, 2.45) is 11.8 Å². The van der Waals surface area contributed by atoms with Crippen LogP contribution >= 0.6 is 0 Å². The van der Waals surface area contributed by atoms with Crippen molar-refractivity contribution >= 4 is 17.3 Å². The summed E-state index contributed by atoms with van der Waals surface area (Å²) in [5.41, 5.74) is -1.67. The summed E-state index contributed by atoms with van der Waals surface area (Å²) in [6, 6.07) is 2.88. The molecule has 0 bridgehead atoms. The predicted molar refractivity (Wildman–Crippen MR) is 204 cm³/mol. The summed E-state index contributed by atoms with van der Waals surface area (Å²) in [6.07, 6.45) is -11.6. The second kappa shape index (κ2) is 16.6. The van der Waals surface area contributed by atoms with Gasteiger partial charge >= 0.3 is 0 Å². The topological polar surface area (TPSA) is 257 Å². The van der Waals surface area contributed by atoms with Crippen LogP contribution in [-0.2, 0) is 38.0 Å². The number of benzene rings is 1. The Morgan fingerprint density at radius 1 is 0.667 bits per heavy atom. The minimum absolute atomic E-state index is 0.00742. The molecule has 19 atom stereocenters. The molecule has 0 spiro atoms. The summed E-state index contributed by atoms with van der Waals surface area (Å²) in [7, 11) is 0. The van der Waals surface area contributed by atoms with Gasteiger partial charge in [0.2, 0.25) is 0 Å². The van der Waals surface area contributed by atoms with E-state index in [1.54, 1.807) is 33.8 Å². The van der Waals surface area contributed by atoms with E-state index in [0.29, 0.717) is 6.42 Å². The van der Waals surface area contributed by atoms with Gasteiger partial charge in [-0.2, -0.15) is 0 Å². The molecule has 60 heavy (non-hydrogen) atoms. The number of hydrogen-bond acceptors (Lipinski definition) is 17. The van der Waals surface area contributed by atoms with Gasteiger partial charge in [0.1, 0.15) is 41.5 Å². The molecule has 0 radical (unpaired) electrons. The molecule has 17 nitrogen and oxygen atoms in total. The minimum atomic E-state index is -1.41. The first-order valence-corrected chi connectivity index (χ1v) is 21.0. The van der Waals surface area contributed by atoms with Gasteiger partial charge in [0.15, 0.2) is 30.4 Å². The summed E-state index contributed by atoms with van der Waals surface area (Å²) >= 11 is 0. The Labute approximate surface area is 346 Å². The van der Waals surface area contributed by atoms with Crippen molar-refractivity contribution in [3.63, 3.8) is 0 Å². The van der Waals surface area contributed by atoms with Crippen molar-refractivity contribution < 1.29 is 83.3 Å². The lowest BCUT2D eigenvalue weighted by molar-refractivity contribution is -0.323. The second-order valence-electron chi connectivity index (χ2n) is 17.8. The Balaban J connectivity index is 0.997. The summed E-state index contributed by atoms with van der Waals surface area (Å²) in [6.45, 7) is 8.44. The third-order valence-electron chi connectivity index (χ3n) is 13.3. The van der Waals surface area contributed by atoms with Gasteiger partial charge in [0.05, 0.1) is 66.4 Å². The lowest BCUT2D eigenvalue weighted by Crippen LogP contribution is -2.58. The van der Waals surface area contributed by atoms with Crippen molar-refractivity contribution in [2.45, 2.75) is 177 Å². The van der Waals surface area contributed by atoms with Crippen LogP contribution in [0.15, 0.2) is 35.4 Å². The van der Waals surface area contributed by atoms with Gasteiger partial charge in [-0.05, 0) is 46.1 Å². The number of Topliss-reactive ketones (excluding diaryl/α,β-unsaturated/α-hetero) is 3. The van der Waals surface area contributed by atoms with Crippen molar-refractivity contribution in [1.82, 2.24) is 0 Å². The molecule has 4 saturated heterocycles. The number of carbonyl (C=O) groups excluding carboxylic acids is 3. The van der Waals surface area contributed by atoms with Crippen LogP contribution in [0.1, 0.15) is 106 Å². The highest BCUT2D eigenvalue weighted by Crippen LogP contribution is 2.52. The fourth-order valence-corrected chi connectivity index (χ4v) is 10.3. The standard InChI is InChI=1S/C43H56O17/c1-16-10-24(44)35-33-23(8-9-43(35,15-16)60-32-14-28(48)42(20(5)57-32)59-31-13-26(46)37(50)18(3)56-31)40(53)34-22(39(33)52)7-6-21(38(34)51)29-11-27(47)41(19(4)54-29)58-30-12-25(45)36(49)17(2)55-30/h6-9,16-20,25-32,35-37,41-42,45-51H,10-15H2,1-5H3/t16-,17-,18+,19-,20+,25-,26+,27-,28+,29-,30-,31+,32+,35?,36+,37-,41+,42-,43+/m1/s1. The monoisotopic (exact) mass is 844 g/mol. The molecule has 0 aromatic heterocycles. The molecule has 7 N–H and O–H groups in total. The molecule has 7 aliphatic rings. The summed E-state index contributed by atoms with van der Waals surface area (Å²) in [5, 5.41) is 74.7. The van der Waals surface area contributed by atoms with Crippen LogP contribution < -0.4 is 0 Å². The third kappa shape index (κ3) is 7.73. The van der Waals surface area contributed by atoms with E-state index in [-0.39, 0.29) is 71.6 Å². The van der Waals surface area contributed by atoms with Crippen molar-refractivity contribution in [3.8, 4) is 5.75 Å². The first kappa shape index (κ1) is 43.6. The lowest BCUT2D eigenvalue weighted by atomic mass is 9.61. The number of rotatable bonds is 7. The van der Waals surface area contributed by atoms with Crippen LogP contribution in [0.3, 0.4) is 0 Å². The zero-order chi connectivity index (χ0) is 43.1. The van der Waals surface area contributed by atoms with E-state index in [1.807, 2.05) is 6.92 Å². The maximum Gasteiger partial charge on any atom is 0.197 e. The van der Waals surface area contributed by atoms with Gasteiger partial charge in [-0.25, -0.2) is 0 Å². The summed E-state index contributed by atoms with van der Waals surface area (Å²) in [4.78, 5) is 43.0.